The fourth-order valence-corrected chi connectivity index (χ4v) is 12.0. The molecule has 3 N–H and O–H groups in total. The minimum atomic E-state index is -4.95. The maximum Gasteiger partial charge on any atom is 0.322 e. The lowest BCUT2D eigenvalue weighted by Crippen LogP contribution is -2.49. The molecule has 2 aliphatic rings. The average molecular weight is 854 g/mol. The van der Waals surface area contributed by atoms with Crippen LogP contribution in [0.2, 0.25) is 0 Å². The second-order valence-corrected chi connectivity index (χ2v) is 19.3. The van der Waals surface area contributed by atoms with Crippen LogP contribution in [0.4, 0.5) is 0 Å². The Morgan fingerprint density at radius 2 is 1.55 bits per heavy atom. The number of carbonyl (C=O) groups excluding carboxylic acids is 2. The van der Waals surface area contributed by atoms with Crippen molar-refractivity contribution in [1.29, 1.82) is 0 Å². The number of benzene rings is 4. The molecular weight excluding hydrogens is 823 g/mol. The molecule has 0 fully saturated rings. The molecule has 1 aromatic heterocycles. The Morgan fingerprint density at radius 1 is 0.875 bits per heavy atom. The van der Waals surface area contributed by atoms with E-state index >= 15 is 0 Å². The van der Waals surface area contributed by atoms with E-state index < -0.39 is 57.4 Å². The zero-order valence-corrected chi connectivity index (χ0v) is 33.5. The molecule has 1 amide bonds. The second-order valence-electron chi connectivity index (χ2n) is 13.0. The fourth-order valence-electron chi connectivity index (χ4n) is 7.22. The molecule has 5 aromatic rings. The average Bonchev–Trinajstić information content (AvgIpc) is 3.68. The van der Waals surface area contributed by atoms with E-state index in [1.54, 1.807) is 74.6 Å². The van der Waals surface area contributed by atoms with Crippen LogP contribution < -0.4 is 9.85 Å². The van der Waals surface area contributed by atoms with Gasteiger partial charge in [-0.2, -0.15) is 16.8 Å². The second kappa shape index (κ2) is 14.4. The van der Waals surface area contributed by atoms with Crippen LogP contribution >= 0.6 is 11.3 Å². The standard InChI is InChI=1S/C38H31NO12S5/c1-3-39-36(40)38(37(41)51-4-2)19-21(11-13-27-23-7-5-9-25-30(54(42,43)44)16-15-29(52-27)33(23)25)17-22(20-38)12-14-28-24-8-6-10-26-31(55(45,46)47)18-32(56(48,49)50)35(53-28)34(24)26/h5-18H,3-4,19-20H2,1-2H3,(H3-,39,40,42,43,44,45,46,47,48,49,50). The number of hydrogen-bond acceptors (Lipinski definition) is 11. The van der Waals surface area contributed by atoms with Crippen LogP contribution in [0.15, 0.2) is 110 Å². The van der Waals surface area contributed by atoms with Gasteiger partial charge in [-0.1, -0.05) is 48.6 Å². The molecule has 0 saturated heterocycles. The first kappa shape index (κ1) is 39.6. The molecule has 290 valence electrons. The molecule has 0 spiro atoms. The van der Waals surface area contributed by atoms with Crippen LogP contribution in [0, 0.1) is 5.41 Å². The molecule has 1 atom stereocenters. The van der Waals surface area contributed by atoms with Gasteiger partial charge in [-0.15, -0.1) is 11.3 Å². The number of hydrogen-bond donors (Lipinski definition) is 3. The third-order valence-corrected chi connectivity index (χ3v) is 14.6. The summed E-state index contributed by atoms with van der Waals surface area (Å²) in [5.41, 5.74) is -0.186. The van der Waals surface area contributed by atoms with Gasteiger partial charge >= 0.3 is 5.97 Å². The molecule has 1 aliphatic carbocycles. The monoisotopic (exact) mass is 853 g/mol. The largest absolute Gasteiger partial charge is 0.744 e. The van der Waals surface area contributed by atoms with Crippen molar-refractivity contribution in [2.24, 2.45) is 5.41 Å². The molecule has 7 rings (SSSR count). The number of ether oxygens (including phenoxy) is 1. The van der Waals surface area contributed by atoms with Crippen molar-refractivity contribution in [1.82, 2.24) is 5.32 Å². The molecule has 13 nitrogen and oxygen atoms in total. The number of thiophene rings is 1. The van der Waals surface area contributed by atoms with Gasteiger partial charge in [0.1, 0.15) is 15.0 Å². The van der Waals surface area contributed by atoms with Crippen molar-refractivity contribution in [3.63, 3.8) is 0 Å². The van der Waals surface area contributed by atoms with Crippen LogP contribution in [-0.4, -0.2) is 68.8 Å². The predicted octanol–water partition coefficient (Wildman–Crippen LogP) is 4.67. The van der Waals surface area contributed by atoms with Crippen LogP contribution in [0.5, 0.6) is 0 Å². The maximum absolute atomic E-state index is 13.8. The van der Waals surface area contributed by atoms with Crippen LogP contribution in [0.25, 0.3) is 37.7 Å². The van der Waals surface area contributed by atoms with Crippen molar-refractivity contribution in [3.8, 4) is 0 Å². The SMILES string of the molecule is CCNC(=O)C1(C(=O)OCC)CC(/C=C/C2=[S+]c3c(S(=O)(=O)O)cc(S(=O)(=O)O)c4cccc2c34)=CC(=C/C=c2/sc3ccc(S(=O)(=O)[O-])c4cccc2c34)/C1. The van der Waals surface area contributed by atoms with Gasteiger partial charge in [0, 0.05) is 43.4 Å². The molecule has 2 heterocycles. The van der Waals surface area contributed by atoms with E-state index in [0.29, 0.717) is 43.8 Å². The predicted molar refractivity (Wildman–Crippen MR) is 213 cm³/mol. The highest BCUT2D eigenvalue weighted by molar-refractivity contribution is 7.88. The minimum absolute atomic E-state index is 0.0103. The number of carbonyl (C=O) groups is 2. The Hall–Kier alpha value is -4.66. The Bertz CT molecular complexity index is 3050. The van der Waals surface area contributed by atoms with Gasteiger partial charge in [-0.25, -0.2) is 8.42 Å². The number of nitrogens with one attached hydrogen (secondary N) is 1. The van der Waals surface area contributed by atoms with Crippen molar-refractivity contribution >= 4 is 107 Å². The topological polar surface area (TPSA) is 221 Å². The first-order chi connectivity index (χ1) is 26.4. The first-order valence-electron chi connectivity index (χ1n) is 16.9. The number of amides is 1. The fraction of sp³-hybridized carbons (Fsp3) is 0.184. The van der Waals surface area contributed by atoms with Gasteiger partial charge in [-0.3, -0.25) is 18.7 Å². The molecule has 4 aromatic carbocycles. The third kappa shape index (κ3) is 7.00. The van der Waals surface area contributed by atoms with Crippen molar-refractivity contribution in [3.05, 3.63) is 100 Å². The van der Waals surface area contributed by atoms with Crippen molar-refractivity contribution in [2.45, 2.75) is 46.3 Å². The van der Waals surface area contributed by atoms with Gasteiger partial charge in [0.05, 0.1) is 22.5 Å². The lowest BCUT2D eigenvalue weighted by atomic mass is 9.71. The lowest BCUT2D eigenvalue weighted by Gasteiger charge is -2.34. The number of allylic oxidation sites excluding steroid dienone is 6. The summed E-state index contributed by atoms with van der Waals surface area (Å²) in [6, 6.07) is 13.2. The zero-order chi connectivity index (χ0) is 40.4. The van der Waals surface area contributed by atoms with Crippen molar-refractivity contribution < 1.29 is 53.2 Å². The first-order valence-corrected chi connectivity index (χ1v) is 22.8. The smallest absolute Gasteiger partial charge is 0.322 e. The molecule has 0 saturated carbocycles. The van der Waals surface area contributed by atoms with Gasteiger partial charge in [-0.05, 0) is 68.2 Å². The van der Waals surface area contributed by atoms with Crippen LogP contribution in [-0.2, 0) is 56.0 Å². The lowest BCUT2D eigenvalue weighted by molar-refractivity contribution is -0.161. The van der Waals surface area contributed by atoms with E-state index in [9.17, 15) is 48.5 Å². The molecule has 1 unspecified atom stereocenters. The van der Waals surface area contributed by atoms with Crippen LogP contribution in [0.3, 0.4) is 0 Å². The minimum Gasteiger partial charge on any atom is -0.744 e. The number of esters is 1. The van der Waals surface area contributed by atoms with E-state index in [4.69, 9.17) is 4.74 Å². The van der Waals surface area contributed by atoms with E-state index in [2.05, 4.69) is 5.32 Å². The molecule has 0 radical (unpaired) electrons. The van der Waals surface area contributed by atoms with E-state index in [1.807, 2.05) is 0 Å². The zero-order valence-electron chi connectivity index (χ0n) is 29.4. The summed E-state index contributed by atoms with van der Waals surface area (Å²) in [7, 11) is -14.6. The maximum atomic E-state index is 13.8. The van der Waals surface area contributed by atoms with Gasteiger partial charge < -0.3 is 14.6 Å². The van der Waals surface area contributed by atoms with E-state index in [0.717, 1.165) is 20.6 Å². The summed E-state index contributed by atoms with van der Waals surface area (Å²) in [5, 5.41) is 4.63. The molecular formula is C38H31NO12S5. The molecule has 0 bridgehead atoms. The summed E-state index contributed by atoms with van der Waals surface area (Å²) in [6.45, 7) is 3.59. The summed E-state index contributed by atoms with van der Waals surface area (Å²) >= 11 is 2.33. The Morgan fingerprint density at radius 3 is 2.21 bits per heavy atom. The highest BCUT2D eigenvalue weighted by Crippen LogP contribution is 2.42. The van der Waals surface area contributed by atoms with E-state index in [-0.39, 0.29) is 46.6 Å². The van der Waals surface area contributed by atoms with Gasteiger partial charge in [0.25, 0.3) is 25.1 Å². The quantitative estimate of drug-likeness (QED) is 0.0436. The van der Waals surface area contributed by atoms with Gasteiger partial charge in [0.15, 0.2) is 10.3 Å². The number of rotatable bonds is 10. The summed E-state index contributed by atoms with van der Waals surface area (Å²) < 4.78 is 112. The summed E-state index contributed by atoms with van der Waals surface area (Å²) in [4.78, 5) is 26.4. The Labute approximate surface area is 329 Å². The summed E-state index contributed by atoms with van der Waals surface area (Å²) in [6.07, 6.45) is 8.52. The van der Waals surface area contributed by atoms with Gasteiger partial charge in [0.2, 0.25) is 22.1 Å². The third-order valence-electron chi connectivity index (χ3n) is 9.51. The molecule has 1 aliphatic heterocycles. The summed E-state index contributed by atoms with van der Waals surface area (Å²) in [5.74, 6) is -1.29. The molecule has 18 heteroatoms. The van der Waals surface area contributed by atoms with Crippen LogP contribution in [0.1, 0.15) is 32.3 Å². The highest BCUT2D eigenvalue weighted by Gasteiger charge is 2.49. The normalized spacial score (nSPS) is 18.7. The molecule has 56 heavy (non-hydrogen) atoms. The van der Waals surface area contributed by atoms with Crippen molar-refractivity contribution in [2.75, 3.05) is 13.2 Å². The van der Waals surface area contributed by atoms with E-state index in [1.165, 1.54) is 29.5 Å². The Kier molecular flexibility index (Phi) is 10.2. The Balaban J connectivity index is 1.38. The highest BCUT2D eigenvalue weighted by atomic mass is 32.2.